The molecule has 0 fully saturated rings. The van der Waals surface area contributed by atoms with Crippen molar-refractivity contribution < 1.29 is 9.59 Å². The Balaban J connectivity index is 1.71. The predicted molar refractivity (Wildman–Crippen MR) is 112 cm³/mol. The quantitative estimate of drug-likeness (QED) is 0.422. The highest BCUT2D eigenvalue weighted by atomic mass is 35.5. The molecule has 142 valence electrons. The van der Waals surface area contributed by atoms with E-state index in [2.05, 4.69) is 15.2 Å². The van der Waals surface area contributed by atoms with Crippen molar-refractivity contribution in [3.63, 3.8) is 0 Å². The predicted octanol–water partition coefficient (Wildman–Crippen LogP) is 5.39. The van der Waals surface area contributed by atoms with Crippen molar-refractivity contribution in [3.8, 4) is 11.3 Å². The number of aromatic amines is 1. The number of pyridine rings is 1. The fourth-order valence-corrected chi connectivity index (χ4v) is 3.80. The maximum Gasteiger partial charge on any atom is 0.267 e. The largest absolute Gasteiger partial charge is 0.275 e. The van der Waals surface area contributed by atoms with Crippen LogP contribution >= 0.6 is 34.8 Å². The zero-order valence-electron chi connectivity index (χ0n) is 14.4. The third-order valence-electron chi connectivity index (χ3n) is 4.73. The van der Waals surface area contributed by atoms with Gasteiger partial charge in [-0.3, -0.25) is 14.7 Å². The number of halogens is 3. The molecule has 5 rings (SSSR count). The van der Waals surface area contributed by atoms with Crippen LogP contribution in [-0.4, -0.2) is 27.0 Å². The minimum atomic E-state index is -0.485. The van der Waals surface area contributed by atoms with E-state index in [9.17, 15) is 9.59 Å². The number of nitrogens with zero attached hydrogens (tertiary/aromatic N) is 3. The Hall–Kier alpha value is -2.93. The van der Waals surface area contributed by atoms with E-state index in [1.54, 1.807) is 30.3 Å². The van der Waals surface area contributed by atoms with Crippen molar-refractivity contribution in [1.29, 1.82) is 0 Å². The standard InChI is InChI=1S/C20H9Cl3N4O2/c21-10-3-1-9(2-4-10)17-16-15-12(8-24-18(16)26-25-17)19(28)27(20(15)29)11-5-6-13(22)14(23)7-11/h1-8H,(H,24,25,26). The molecule has 1 N–H and O–H groups in total. The van der Waals surface area contributed by atoms with Crippen molar-refractivity contribution >= 4 is 63.3 Å². The topological polar surface area (TPSA) is 79.0 Å². The molecule has 0 unspecified atom stereocenters. The molecule has 6 nitrogen and oxygen atoms in total. The normalized spacial score (nSPS) is 13.4. The first-order valence-corrected chi connectivity index (χ1v) is 9.56. The number of hydrogen-bond acceptors (Lipinski definition) is 4. The van der Waals surface area contributed by atoms with Gasteiger partial charge in [-0.2, -0.15) is 5.10 Å². The molecule has 4 aromatic rings. The van der Waals surface area contributed by atoms with E-state index < -0.39 is 11.8 Å². The van der Waals surface area contributed by atoms with Crippen LogP contribution < -0.4 is 4.90 Å². The van der Waals surface area contributed by atoms with E-state index in [1.165, 1.54) is 18.3 Å². The van der Waals surface area contributed by atoms with Gasteiger partial charge in [0.25, 0.3) is 11.8 Å². The van der Waals surface area contributed by atoms with Crippen LogP contribution in [0.1, 0.15) is 20.7 Å². The monoisotopic (exact) mass is 442 g/mol. The third-order valence-corrected chi connectivity index (χ3v) is 5.72. The minimum Gasteiger partial charge on any atom is -0.275 e. The Bertz CT molecular complexity index is 1330. The summed E-state index contributed by atoms with van der Waals surface area (Å²) in [6, 6.07) is 11.6. The van der Waals surface area contributed by atoms with Crippen LogP contribution in [0.2, 0.25) is 15.1 Å². The zero-order valence-corrected chi connectivity index (χ0v) is 16.7. The molecule has 3 heterocycles. The van der Waals surface area contributed by atoms with E-state index in [0.29, 0.717) is 32.5 Å². The molecule has 0 bridgehead atoms. The summed E-state index contributed by atoms with van der Waals surface area (Å²) in [6.45, 7) is 0. The number of nitrogens with one attached hydrogen (secondary N) is 1. The van der Waals surface area contributed by atoms with Crippen molar-refractivity contribution in [2.75, 3.05) is 4.90 Å². The zero-order chi connectivity index (χ0) is 20.3. The number of H-pyrrole nitrogens is 1. The van der Waals surface area contributed by atoms with Gasteiger partial charge in [0.1, 0.15) is 0 Å². The van der Waals surface area contributed by atoms with E-state index >= 15 is 0 Å². The van der Waals surface area contributed by atoms with Crippen LogP contribution in [0.5, 0.6) is 0 Å². The maximum absolute atomic E-state index is 13.3. The number of carbonyl (C=O) groups is 2. The number of hydrogen-bond donors (Lipinski definition) is 1. The molecule has 0 atom stereocenters. The lowest BCUT2D eigenvalue weighted by atomic mass is 10.0. The Labute approximate surface area is 179 Å². The van der Waals surface area contributed by atoms with Gasteiger partial charge >= 0.3 is 0 Å². The molecule has 1 aliphatic rings. The van der Waals surface area contributed by atoms with E-state index in [0.717, 1.165) is 10.5 Å². The van der Waals surface area contributed by atoms with Crippen molar-refractivity contribution in [2.45, 2.75) is 0 Å². The molecule has 29 heavy (non-hydrogen) atoms. The second-order valence-electron chi connectivity index (χ2n) is 6.40. The average molecular weight is 444 g/mol. The number of rotatable bonds is 2. The van der Waals surface area contributed by atoms with Crippen LogP contribution in [0.4, 0.5) is 5.69 Å². The molecule has 0 radical (unpaired) electrons. The van der Waals surface area contributed by atoms with Gasteiger partial charge in [-0.05, 0) is 30.3 Å². The van der Waals surface area contributed by atoms with Crippen LogP contribution in [0, 0.1) is 0 Å². The highest BCUT2D eigenvalue weighted by molar-refractivity contribution is 6.43. The third kappa shape index (κ3) is 2.72. The molecule has 0 saturated carbocycles. The van der Waals surface area contributed by atoms with Gasteiger partial charge in [-0.15, -0.1) is 0 Å². The number of anilines is 1. The van der Waals surface area contributed by atoms with Gasteiger partial charge in [0, 0.05) is 16.8 Å². The van der Waals surface area contributed by atoms with Gasteiger partial charge < -0.3 is 0 Å². The second kappa shape index (κ2) is 6.56. The minimum absolute atomic E-state index is 0.199. The first-order valence-electron chi connectivity index (χ1n) is 8.42. The Morgan fingerprint density at radius 2 is 1.66 bits per heavy atom. The summed E-state index contributed by atoms with van der Waals surface area (Å²) in [5.41, 5.74) is 2.45. The second-order valence-corrected chi connectivity index (χ2v) is 7.65. The summed E-state index contributed by atoms with van der Waals surface area (Å²) in [7, 11) is 0. The summed E-state index contributed by atoms with van der Waals surface area (Å²) < 4.78 is 0. The van der Waals surface area contributed by atoms with Crippen molar-refractivity contribution in [1.82, 2.24) is 15.2 Å². The maximum atomic E-state index is 13.3. The number of aromatic nitrogens is 3. The first-order chi connectivity index (χ1) is 14.0. The molecular weight excluding hydrogens is 435 g/mol. The van der Waals surface area contributed by atoms with Crippen LogP contribution in [-0.2, 0) is 0 Å². The SMILES string of the molecule is O=C1c2cnc3n[nH]c(-c4ccc(Cl)cc4)c3c2C(=O)N1c1ccc(Cl)c(Cl)c1. The van der Waals surface area contributed by atoms with Gasteiger partial charge in [0.2, 0.25) is 0 Å². The van der Waals surface area contributed by atoms with Crippen LogP contribution in [0.25, 0.3) is 22.3 Å². The fraction of sp³-hybridized carbons (Fsp3) is 0. The van der Waals surface area contributed by atoms with E-state index in [-0.39, 0.29) is 16.1 Å². The smallest absolute Gasteiger partial charge is 0.267 e. The first kappa shape index (κ1) is 18.1. The number of benzene rings is 2. The molecule has 0 saturated heterocycles. The number of fused-ring (bicyclic) bond motifs is 3. The Morgan fingerprint density at radius 3 is 2.38 bits per heavy atom. The molecule has 9 heteroatoms. The summed E-state index contributed by atoms with van der Waals surface area (Å²) in [5, 5.41) is 8.73. The Kier molecular flexibility index (Phi) is 4.10. The van der Waals surface area contributed by atoms with Gasteiger partial charge in [0.05, 0.1) is 37.9 Å². The number of amides is 2. The molecule has 2 aromatic carbocycles. The van der Waals surface area contributed by atoms with Crippen molar-refractivity contribution in [2.24, 2.45) is 0 Å². The van der Waals surface area contributed by atoms with Gasteiger partial charge in [-0.25, -0.2) is 9.88 Å². The van der Waals surface area contributed by atoms with Crippen molar-refractivity contribution in [3.05, 3.63) is 74.9 Å². The van der Waals surface area contributed by atoms with E-state index in [1.807, 2.05) is 0 Å². The van der Waals surface area contributed by atoms with Gasteiger partial charge in [0.15, 0.2) is 5.65 Å². The number of imide groups is 1. The molecule has 0 spiro atoms. The average Bonchev–Trinajstić information content (AvgIpc) is 3.24. The molecule has 2 amide bonds. The van der Waals surface area contributed by atoms with E-state index in [4.69, 9.17) is 34.8 Å². The molecule has 0 aliphatic carbocycles. The summed E-state index contributed by atoms with van der Waals surface area (Å²) in [5.74, 6) is -0.964. The molecular formula is C20H9Cl3N4O2. The van der Waals surface area contributed by atoms with Crippen LogP contribution in [0.15, 0.2) is 48.7 Å². The summed E-state index contributed by atoms with van der Waals surface area (Å²) in [4.78, 5) is 31.6. The fourth-order valence-electron chi connectivity index (χ4n) is 3.38. The van der Waals surface area contributed by atoms with Gasteiger partial charge in [-0.1, -0.05) is 46.9 Å². The van der Waals surface area contributed by atoms with Crippen LogP contribution in [0.3, 0.4) is 0 Å². The highest BCUT2D eigenvalue weighted by Crippen LogP contribution is 2.37. The lowest BCUT2D eigenvalue weighted by Crippen LogP contribution is -2.29. The molecule has 2 aromatic heterocycles. The Morgan fingerprint density at radius 1 is 0.897 bits per heavy atom. The lowest BCUT2D eigenvalue weighted by molar-refractivity contribution is 0.0926. The lowest BCUT2D eigenvalue weighted by Gasteiger charge is -2.14. The summed E-state index contributed by atoms with van der Waals surface area (Å²) in [6.07, 6.45) is 1.36. The summed E-state index contributed by atoms with van der Waals surface area (Å²) >= 11 is 18.0. The molecule has 1 aliphatic heterocycles. The highest BCUT2D eigenvalue weighted by Gasteiger charge is 2.40. The number of carbonyl (C=O) groups excluding carboxylic acids is 2.